The number of aromatic nitrogens is 3. The van der Waals surface area contributed by atoms with Gasteiger partial charge in [0.2, 0.25) is 11.7 Å². The molecule has 0 saturated carbocycles. The SMILES string of the molecule is Cc1cnc(-c2noc(C(C(C)C)C(C)N)n2)c(C)c1. The molecule has 20 heavy (non-hydrogen) atoms. The summed E-state index contributed by atoms with van der Waals surface area (Å²) in [6.07, 6.45) is 1.81. The van der Waals surface area contributed by atoms with Crippen LogP contribution in [0.2, 0.25) is 0 Å². The molecule has 0 aromatic carbocycles. The lowest BCUT2D eigenvalue weighted by atomic mass is 9.90. The number of nitrogens with two attached hydrogens (primary N) is 1. The molecule has 0 aliphatic rings. The van der Waals surface area contributed by atoms with E-state index in [9.17, 15) is 0 Å². The largest absolute Gasteiger partial charge is 0.339 e. The summed E-state index contributed by atoms with van der Waals surface area (Å²) in [5.74, 6) is 1.52. The van der Waals surface area contributed by atoms with Crippen LogP contribution in [-0.4, -0.2) is 21.2 Å². The Labute approximate surface area is 119 Å². The van der Waals surface area contributed by atoms with Crippen molar-refractivity contribution in [3.63, 3.8) is 0 Å². The van der Waals surface area contributed by atoms with Gasteiger partial charge >= 0.3 is 0 Å². The molecule has 2 heterocycles. The van der Waals surface area contributed by atoms with Gasteiger partial charge in [-0.25, -0.2) is 0 Å². The van der Waals surface area contributed by atoms with E-state index < -0.39 is 0 Å². The standard InChI is InChI=1S/C15H22N4O/c1-8(2)12(11(5)16)15-18-14(19-20-15)13-10(4)6-9(3)7-17-13/h6-8,11-12H,16H2,1-5H3. The Morgan fingerprint density at radius 1 is 1.20 bits per heavy atom. The molecule has 108 valence electrons. The van der Waals surface area contributed by atoms with Crippen molar-refractivity contribution in [2.45, 2.75) is 46.6 Å². The van der Waals surface area contributed by atoms with Gasteiger partial charge in [-0.2, -0.15) is 4.98 Å². The van der Waals surface area contributed by atoms with E-state index in [2.05, 4.69) is 35.0 Å². The molecular weight excluding hydrogens is 252 g/mol. The fourth-order valence-corrected chi connectivity index (χ4v) is 2.53. The Kier molecular flexibility index (Phi) is 4.18. The van der Waals surface area contributed by atoms with Crippen molar-refractivity contribution in [2.75, 3.05) is 0 Å². The van der Waals surface area contributed by atoms with Crippen LogP contribution < -0.4 is 5.73 Å². The highest BCUT2D eigenvalue weighted by atomic mass is 16.5. The number of hydrogen-bond acceptors (Lipinski definition) is 5. The minimum absolute atomic E-state index is 0.0321. The van der Waals surface area contributed by atoms with Gasteiger partial charge in [0.1, 0.15) is 5.69 Å². The van der Waals surface area contributed by atoms with E-state index in [1.807, 2.05) is 27.0 Å². The van der Waals surface area contributed by atoms with Gasteiger partial charge in [-0.15, -0.1) is 0 Å². The van der Waals surface area contributed by atoms with Crippen molar-refractivity contribution >= 4 is 0 Å². The topological polar surface area (TPSA) is 77.8 Å². The van der Waals surface area contributed by atoms with Crippen LogP contribution in [0.4, 0.5) is 0 Å². The Morgan fingerprint density at radius 2 is 1.90 bits per heavy atom. The first-order valence-electron chi connectivity index (χ1n) is 6.93. The maximum atomic E-state index is 6.02. The van der Waals surface area contributed by atoms with Gasteiger partial charge in [-0.3, -0.25) is 4.98 Å². The molecule has 2 atom stereocenters. The average Bonchev–Trinajstić information content (AvgIpc) is 2.76. The zero-order chi connectivity index (χ0) is 14.9. The summed E-state index contributed by atoms with van der Waals surface area (Å²) in [7, 11) is 0. The number of nitrogens with zero attached hydrogens (tertiary/aromatic N) is 3. The predicted molar refractivity (Wildman–Crippen MR) is 78.2 cm³/mol. The molecule has 0 amide bonds. The monoisotopic (exact) mass is 274 g/mol. The molecule has 0 saturated heterocycles. The highest BCUT2D eigenvalue weighted by molar-refractivity contribution is 5.54. The van der Waals surface area contributed by atoms with Gasteiger partial charge in [0.05, 0.1) is 5.92 Å². The first-order valence-corrected chi connectivity index (χ1v) is 6.93. The Hall–Kier alpha value is -1.75. The van der Waals surface area contributed by atoms with Crippen LogP contribution in [0.3, 0.4) is 0 Å². The molecule has 0 aliphatic heterocycles. The third-order valence-electron chi connectivity index (χ3n) is 3.44. The second kappa shape index (κ2) is 5.71. The third-order valence-corrected chi connectivity index (χ3v) is 3.44. The van der Waals surface area contributed by atoms with E-state index in [1.54, 1.807) is 0 Å². The van der Waals surface area contributed by atoms with Crippen molar-refractivity contribution in [2.24, 2.45) is 11.7 Å². The fraction of sp³-hybridized carbons (Fsp3) is 0.533. The summed E-state index contributed by atoms with van der Waals surface area (Å²) < 4.78 is 5.41. The Balaban J connectivity index is 2.37. The van der Waals surface area contributed by atoms with E-state index in [4.69, 9.17) is 10.3 Å². The maximum absolute atomic E-state index is 6.02. The molecule has 2 aromatic rings. The summed E-state index contributed by atoms with van der Waals surface area (Å²) in [5.41, 5.74) is 8.94. The molecule has 2 unspecified atom stereocenters. The van der Waals surface area contributed by atoms with Gasteiger partial charge < -0.3 is 10.3 Å². The van der Waals surface area contributed by atoms with Crippen LogP contribution in [0.1, 0.15) is 43.7 Å². The quantitative estimate of drug-likeness (QED) is 0.927. The van der Waals surface area contributed by atoms with E-state index in [0.29, 0.717) is 17.6 Å². The van der Waals surface area contributed by atoms with Gasteiger partial charge in [-0.05, 0) is 37.8 Å². The van der Waals surface area contributed by atoms with E-state index in [0.717, 1.165) is 16.8 Å². The lowest BCUT2D eigenvalue weighted by Crippen LogP contribution is -2.28. The molecule has 2 aromatic heterocycles. The number of aryl methyl sites for hydroxylation is 2. The normalized spacial score (nSPS) is 14.6. The van der Waals surface area contributed by atoms with Gasteiger partial charge in [0.25, 0.3) is 0 Å². The van der Waals surface area contributed by atoms with Crippen LogP contribution in [-0.2, 0) is 0 Å². The summed E-state index contributed by atoms with van der Waals surface area (Å²) >= 11 is 0. The zero-order valence-corrected chi connectivity index (χ0v) is 12.7. The number of pyridine rings is 1. The van der Waals surface area contributed by atoms with Crippen molar-refractivity contribution in [1.82, 2.24) is 15.1 Å². The second-order valence-electron chi connectivity index (χ2n) is 5.76. The Morgan fingerprint density at radius 3 is 2.45 bits per heavy atom. The molecule has 0 spiro atoms. The van der Waals surface area contributed by atoms with Crippen molar-refractivity contribution in [3.05, 3.63) is 29.3 Å². The molecular formula is C15H22N4O. The molecule has 5 heteroatoms. The molecule has 2 N–H and O–H groups in total. The lowest BCUT2D eigenvalue weighted by molar-refractivity contribution is 0.300. The van der Waals surface area contributed by atoms with Crippen molar-refractivity contribution in [3.8, 4) is 11.5 Å². The van der Waals surface area contributed by atoms with Crippen molar-refractivity contribution < 1.29 is 4.52 Å². The molecule has 5 nitrogen and oxygen atoms in total. The van der Waals surface area contributed by atoms with E-state index in [1.165, 1.54) is 0 Å². The van der Waals surface area contributed by atoms with Crippen LogP contribution in [0.15, 0.2) is 16.8 Å². The highest BCUT2D eigenvalue weighted by Gasteiger charge is 2.26. The summed E-state index contributed by atoms with van der Waals surface area (Å²) in [5, 5.41) is 4.06. The zero-order valence-electron chi connectivity index (χ0n) is 12.7. The first kappa shape index (κ1) is 14.7. The summed E-state index contributed by atoms with van der Waals surface area (Å²) in [4.78, 5) is 8.89. The van der Waals surface area contributed by atoms with E-state index >= 15 is 0 Å². The minimum Gasteiger partial charge on any atom is -0.339 e. The lowest BCUT2D eigenvalue weighted by Gasteiger charge is -2.20. The maximum Gasteiger partial charge on any atom is 0.231 e. The molecule has 0 aliphatic carbocycles. The smallest absolute Gasteiger partial charge is 0.231 e. The van der Waals surface area contributed by atoms with Crippen LogP contribution in [0.25, 0.3) is 11.5 Å². The molecule has 0 bridgehead atoms. The number of hydrogen-bond donors (Lipinski definition) is 1. The van der Waals surface area contributed by atoms with E-state index in [-0.39, 0.29) is 12.0 Å². The predicted octanol–water partition coefficient (Wildman–Crippen LogP) is 2.84. The minimum atomic E-state index is -0.0321. The third kappa shape index (κ3) is 2.88. The van der Waals surface area contributed by atoms with Crippen LogP contribution >= 0.6 is 0 Å². The Bertz CT molecular complexity index is 581. The highest BCUT2D eigenvalue weighted by Crippen LogP contribution is 2.28. The molecule has 0 radical (unpaired) electrons. The first-order chi connectivity index (χ1) is 9.40. The summed E-state index contributed by atoms with van der Waals surface area (Å²) in [6.45, 7) is 10.2. The van der Waals surface area contributed by atoms with Gasteiger partial charge in [0.15, 0.2) is 0 Å². The van der Waals surface area contributed by atoms with Crippen molar-refractivity contribution in [1.29, 1.82) is 0 Å². The van der Waals surface area contributed by atoms with Gasteiger partial charge in [0, 0.05) is 12.2 Å². The van der Waals surface area contributed by atoms with Gasteiger partial charge in [-0.1, -0.05) is 25.1 Å². The molecule has 0 fully saturated rings. The second-order valence-corrected chi connectivity index (χ2v) is 5.76. The fourth-order valence-electron chi connectivity index (χ4n) is 2.53. The van der Waals surface area contributed by atoms with Crippen LogP contribution in [0, 0.1) is 19.8 Å². The summed E-state index contributed by atoms with van der Waals surface area (Å²) in [6, 6.07) is 2.03. The number of rotatable bonds is 4. The van der Waals surface area contributed by atoms with Crippen LogP contribution in [0.5, 0.6) is 0 Å². The average molecular weight is 274 g/mol. The molecule has 2 rings (SSSR count).